The highest BCUT2D eigenvalue weighted by Crippen LogP contribution is 2.30. The first-order valence-electron chi connectivity index (χ1n) is 7.89. The van der Waals surface area contributed by atoms with Crippen LogP contribution < -0.4 is 0 Å². The molecule has 1 aromatic carbocycles. The minimum atomic E-state index is -2.19. The molecule has 1 aliphatic carbocycles. The normalized spacial score (nSPS) is 27.5. The molecule has 0 radical (unpaired) electrons. The number of benzene rings is 1. The molecule has 4 atom stereocenters. The van der Waals surface area contributed by atoms with Crippen LogP contribution in [0, 0.1) is 0 Å². The van der Waals surface area contributed by atoms with Gasteiger partial charge in [-0.2, -0.15) is 0 Å². The maximum absolute atomic E-state index is 12.3. The van der Waals surface area contributed by atoms with Gasteiger partial charge >= 0.3 is 17.9 Å². The number of aliphatic hydroxyl groups is 2. The molecule has 1 aromatic rings. The molecule has 140 valence electrons. The fourth-order valence-corrected chi connectivity index (χ4v) is 2.51. The number of esters is 3. The maximum atomic E-state index is 12.3. The summed E-state index contributed by atoms with van der Waals surface area (Å²) in [6.07, 6.45) is -1.59. The highest BCUT2D eigenvalue weighted by atomic mass is 16.6. The molecular weight excluding hydrogens is 344 g/mol. The molecule has 8 heteroatoms. The van der Waals surface area contributed by atoms with E-state index in [9.17, 15) is 24.6 Å². The summed E-state index contributed by atoms with van der Waals surface area (Å²) in [5, 5.41) is 21.3. The van der Waals surface area contributed by atoms with Gasteiger partial charge in [0.15, 0.2) is 11.7 Å². The summed E-state index contributed by atoms with van der Waals surface area (Å²) in [6.45, 7) is 1.62. The summed E-state index contributed by atoms with van der Waals surface area (Å²) in [7, 11) is 0. The van der Waals surface area contributed by atoms with E-state index >= 15 is 0 Å². The predicted molar refractivity (Wildman–Crippen MR) is 87.9 cm³/mol. The lowest BCUT2D eigenvalue weighted by Crippen LogP contribution is -2.62. The van der Waals surface area contributed by atoms with Crippen molar-refractivity contribution in [2.24, 2.45) is 0 Å². The monoisotopic (exact) mass is 364 g/mol. The zero-order valence-electron chi connectivity index (χ0n) is 14.3. The molecule has 0 aromatic heterocycles. The van der Waals surface area contributed by atoms with Gasteiger partial charge in [0.05, 0.1) is 5.56 Å². The average Bonchev–Trinajstić information content (AvgIpc) is 2.60. The molecule has 1 aliphatic rings. The fourth-order valence-electron chi connectivity index (χ4n) is 2.51. The lowest BCUT2D eigenvalue weighted by Gasteiger charge is -2.41. The molecule has 0 saturated heterocycles. The first kappa shape index (κ1) is 19.6. The Bertz CT molecular complexity index is 698. The summed E-state index contributed by atoms with van der Waals surface area (Å²) in [5.74, 6) is -2.11. The van der Waals surface area contributed by atoms with Crippen LogP contribution >= 0.6 is 0 Å². The Morgan fingerprint density at radius 3 is 2.27 bits per heavy atom. The van der Waals surface area contributed by atoms with Gasteiger partial charge in [-0.15, -0.1) is 0 Å². The summed E-state index contributed by atoms with van der Waals surface area (Å²) in [4.78, 5) is 34.5. The molecule has 2 rings (SSSR count). The van der Waals surface area contributed by atoms with Crippen molar-refractivity contribution >= 4 is 17.9 Å². The molecule has 0 bridgehead atoms. The number of hydrogen-bond acceptors (Lipinski definition) is 8. The zero-order valence-corrected chi connectivity index (χ0v) is 14.3. The van der Waals surface area contributed by atoms with Crippen molar-refractivity contribution in [1.82, 2.24) is 0 Å². The van der Waals surface area contributed by atoms with Crippen molar-refractivity contribution in [3.05, 3.63) is 48.0 Å². The highest BCUT2D eigenvalue weighted by molar-refractivity contribution is 5.89. The quantitative estimate of drug-likeness (QED) is 0.437. The molecule has 8 nitrogen and oxygen atoms in total. The van der Waals surface area contributed by atoms with E-state index < -0.39 is 48.4 Å². The van der Waals surface area contributed by atoms with Gasteiger partial charge in [0, 0.05) is 13.8 Å². The minimum Gasteiger partial charge on any atom is -0.463 e. The van der Waals surface area contributed by atoms with Gasteiger partial charge < -0.3 is 24.4 Å². The molecule has 0 saturated carbocycles. The van der Waals surface area contributed by atoms with Crippen LogP contribution in [0.5, 0.6) is 0 Å². The van der Waals surface area contributed by atoms with Crippen LogP contribution in [0.2, 0.25) is 0 Å². The molecule has 2 N–H and O–H groups in total. The predicted octanol–water partition coefficient (Wildman–Crippen LogP) is 0.369. The Morgan fingerprint density at radius 2 is 1.69 bits per heavy atom. The first-order chi connectivity index (χ1) is 12.2. The van der Waals surface area contributed by atoms with E-state index in [1.165, 1.54) is 24.3 Å². The molecule has 26 heavy (non-hydrogen) atoms. The second-order valence-corrected chi connectivity index (χ2v) is 5.87. The molecule has 0 aliphatic heterocycles. The van der Waals surface area contributed by atoms with E-state index in [1.807, 2.05) is 0 Å². The minimum absolute atomic E-state index is 0.243. The number of rotatable bonds is 5. The van der Waals surface area contributed by atoms with Crippen LogP contribution in [-0.4, -0.2) is 58.6 Å². The Balaban J connectivity index is 2.26. The van der Waals surface area contributed by atoms with E-state index in [4.69, 9.17) is 14.2 Å². The van der Waals surface area contributed by atoms with Crippen molar-refractivity contribution in [2.45, 2.75) is 37.8 Å². The van der Waals surface area contributed by atoms with Crippen LogP contribution in [0.15, 0.2) is 42.5 Å². The van der Waals surface area contributed by atoms with Crippen molar-refractivity contribution < 1.29 is 38.8 Å². The van der Waals surface area contributed by atoms with Gasteiger partial charge in [0.1, 0.15) is 18.8 Å². The van der Waals surface area contributed by atoms with E-state index in [-0.39, 0.29) is 5.56 Å². The third-order valence-electron chi connectivity index (χ3n) is 3.84. The van der Waals surface area contributed by atoms with Gasteiger partial charge in [-0.3, -0.25) is 9.59 Å². The first-order valence-corrected chi connectivity index (χ1v) is 7.89. The summed E-state index contributed by atoms with van der Waals surface area (Å²) >= 11 is 0. The van der Waals surface area contributed by atoms with Crippen LogP contribution in [0.1, 0.15) is 24.2 Å². The largest absolute Gasteiger partial charge is 0.463 e. The lowest BCUT2D eigenvalue weighted by atomic mass is 9.82. The number of carbonyl (C=O) groups excluding carboxylic acids is 3. The smallest absolute Gasteiger partial charge is 0.338 e. The van der Waals surface area contributed by atoms with Gasteiger partial charge in [-0.25, -0.2) is 4.79 Å². The summed E-state index contributed by atoms with van der Waals surface area (Å²) in [5.41, 5.74) is -1.95. The highest BCUT2D eigenvalue weighted by Gasteiger charge is 2.52. The van der Waals surface area contributed by atoms with Gasteiger partial charge in [-0.05, 0) is 24.3 Å². The fraction of sp³-hybridized carbons (Fsp3) is 0.389. The van der Waals surface area contributed by atoms with Gasteiger partial charge in [0.2, 0.25) is 0 Å². The van der Waals surface area contributed by atoms with E-state index in [2.05, 4.69) is 0 Å². The van der Waals surface area contributed by atoms with Gasteiger partial charge in [-0.1, -0.05) is 18.2 Å². The molecule has 0 heterocycles. The molecule has 0 spiro atoms. The Morgan fingerprint density at radius 1 is 1.04 bits per heavy atom. The molecule has 0 amide bonds. The molecule has 0 unspecified atom stereocenters. The van der Waals surface area contributed by atoms with E-state index in [0.29, 0.717) is 0 Å². The second kappa shape index (κ2) is 8.11. The van der Waals surface area contributed by atoms with Crippen LogP contribution in [-0.2, 0) is 23.8 Å². The van der Waals surface area contributed by atoms with Gasteiger partial charge in [0.25, 0.3) is 0 Å². The van der Waals surface area contributed by atoms with Crippen LogP contribution in [0.4, 0.5) is 0 Å². The van der Waals surface area contributed by atoms with Crippen LogP contribution in [0.25, 0.3) is 0 Å². The SMILES string of the molecule is CC(=O)OC[C@@]1(O)[C@@H](OC(=O)c2ccccc2)C=C[C@H](OC(C)=O)[C@H]1O. The maximum Gasteiger partial charge on any atom is 0.338 e. The number of ether oxygens (including phenoxy) is 3. The lowest BCUT2D eigenvalue weighted by molar-refractivity contribution is -0.202. The Labute approximate surface area is 150 Å². The Hall–Kier alpha value is -2.71. The average molecular weight is 364 g/mol. The topological polar surface area (TPSA) is 119 Å². The zero-order chi connectivity index (χ0) is 19.3. The van der Waals surface area contributed by atoms with E-state index in [1.54, 1.807) is 18.2 Å². The summed E-state index contributed by atoms with van der Waals surface area (Å²) in [6, 6.07) is 8.06. The standard InChI is InChI=1S/C18H20O8/c1-11(19)24-10-18(23)15(9-8-14(16(18)21)25-12(2)20)26-17(22)13-6-4-3-5-7-13/h3-9,14-16,21,23H,10H2,1-2H3/t14-,15-,16+,18+/m0/s1. The summed E-state index contributed by atoms with van der Waals surface area (Å²) < 4.78 is 15.0. The third kappa shape index (κ3) is 4.47. The number of carbonyl (C=O) groups is 3. The van der Waals surface area contributed by atoms with Crippen LogP contribution in [0.3, 0.4) is 0 Å². The molecule has 0 fully saturated rings. The number of hydrogen-bond donors (Lipinski definition) is 2. The Kier molecular flexibility index (Phi) is 6.12. The third-order valence-corrected chi connectivity index (χ3v) is 3.84. The molecular formula is C18H20O8. The number of aliphatic hydroxyl groups excluding tert-OH is 1. The van der Waals surface area contributed by atoms with Crippen molar-refractivity contribution in [3.63, 3.8) is 0 Å². The van der Waals surface area contributed by atoms with Crippen molar-refractivity contribution in [3.8, 4) is 0 Å². The van der Waals surface area contributed by atoms with Crippen molar-refractivity contribution in [1.29, 1.82) is 0 Å². The van der Waals surface area contributed by atoms with E-state index in [0.717, 1.165) is 13.8 Å². The van der Waals surface area contributed by atoms with Crippen molar-refractivity contribution in [2.75, 3.05) is 6.61 Å². The second-order valence-electron chi connectivity index (χ2n) is 5.87.